The maximum Gasteiger partial charge on any atom is 0.245 e. The van der Waals surface area contributed by atoms with Gasteiger partial charge in [-0.1, -0.05) is 44.2 Å². The average Bonchev–Trinajstić information content (AvgIpc) is 3.22. The highest BCUT2D eigenvalue weighted by atomic mass is 16.2. The number of hydrogen-bond donors (Lipinski definition) is 2. The molecule has 1 aliphatic rings. The summed E-state index contributed by atoms with van der Waals surface area (Å²) < 4.78 is 0. The maximum absolute atomic E-state index is 13.1. The normalized spacial score (nSPS) is 17.5. The Kier molecular flexibility index (Phi) is 9.11. The first-order chi connectivity index (χ1) is 15.1. The van der Waals surface area contributed by atoms with E-state index in [1.54, 1.807) is 24.3 Å². The van der Waals surface area contributed by atoms with E-state index in [9.17, 15) is 24.0 Å². The van der Waals surface area contributed by atoms with E-state index < -0.39 is 35.6 Å². The lowest BCUT2D eigenvalue weighted by Crippen LogP contribution is -2.55. The Labute approximate surface area is 189 Å². The summed E-state index contributed by atoms with van der Waals surface area (Å²) in [5.74, 6) is -2.14. The number of rotatable bonds is 10. The van der Waals surface area contributed by atoms with Crippen LogP contribution in [0.4, 0.5) is 0 Å². The second-order valence-electron chi connectivity index (χ2n) is 8.75. The zero-order chi connectivity index (χ0) is 23.8. The predicted octanol–water partition coefficient (Wildman–Crippen LogP) is 1.41. The molecule has 1 saturated heterocycles. The van der Waals surface area contributed by atoms with Crippen molar-refractivity contribution in [1.29, 1.82) is 0 Å². The van der Waals surface area contributed by atoms with Gasteiger partial charge in [0, 0.05) is 19.9 Å². The lowest BCUT2D eigenvalue weighted by Gasteiger charge is -2.29. The molecule has 32 heavy (non-hydrogen) atoms. The van der Waals surface area contributed by atoms with Crippen molar-refractivity contribution in [1.82, 2.24) is 15.5 Å². The van der Waals surface area contributed by atoms with Crippen LogP contribution < -0.4 is 10.6 Å². The number of ketones is 2. The van der Waals surface area contributed by atoms with Gasteiger partial charge >= 0.3 is 0 Å². The number of nitrogens with one attached hydrogen (secondary N) is 2. The Morgan fingerprint density at radius 2 is 1.69 bits per heavy atom. The third-order valence-electron chi connectivity index (χ3n) is 5.46. The van der Waals surface area contributed by atoms with Crippen LogP contribution in [0.5, 0.6) is 0 Å². The number of amides is 3. The molecule has 3 amide bonds. The van der Waals surface area contributed by atoms with Crippen LogP contribution in [0.1, 0.15) is 52.5 Å². The van der Waals surface area contributed by atoms with Crippen LogP contribution in [0, 0.1) is 5.92 Å². The highest BCUT2D eigenvalue weighted by Gasteiger charge is 2.38. The fourth-order valence-electron chi connectivity index (χ4n) is 3.93. The van der Waals surface area contributed by atoms with Gasteiger partial charge in [0.2, 0.25) is 29.3 Å². The van der Waals surface area contributed by atoms with Crippen molar-refractivity contribution in [2.75, 3.05) is 6.54 Å². The smallest absolute Gasteiger partial charge is 0.245 e. The molecule has 0 radical (unpaired) electrons. The summed E-state index contributed by atoms with van der Waals surface area (Å²) in [5.41, 5.74) is 0.728. The van der Waals surface area contributed by atoms with Crippen molar-refractivity contribution in [3.8, 4) is 0 Å². The molecule has 174 valence electrons. The summed E-state index contributed by atoms with van der Waals surface area (Å²) in [6.07, 6.45) is 1.55. The van der Waals surface area contributed by atoms with Crippen LogP contribution in [-0.4, -0.2) is 58.9 Å². The van der Waals surface area contributed by atoms with Gasteiger partial charge in [0.25, 0.3) is 0 Å². The molecule has 0 spiro atoms. The molecule has 2 rings (SSSR count). The van der Waals surface area contributed by atoms with E-state index in [0.29, 0.717) is 25.8 Å². The van der Waals surface area contributed by atoms with Gasteiger partial charge in [0.15, 0.2) is 0 Å². The van der Waals surface area contributed by atoms with Gasteiger partial charge in [-0.3, -0.25) is 24.0 Å². The lowest BCUT2D eigenvalue weighted by molar-refractivity contribution is -0.143. The maximum atomic E-state index is 13.1. The number of nitrogens with zero attached hydrogens (tertiary/aromatic N) is 1. The minimum atomic E-state index is -0.988. The molecule has 1 aliphatic heterocycles. The third kappa shape index (κ3) is 7.00. The van der Waals surface area contributed by atoms with Crippen molar-refractivity contribution in [3.63, 3.8) is 0 Å². The zero-order valence-electron chi connectivity index (χ0n) is 19.2. The SMILES string of the molecule is CC(=O)N[C@@H](CC(C)C)C(=O)N1CCC[C@H]1C(=O)N[C@@H](C)C(=O)C(=O)Cc1ccccc1. The van der Waals surface area contributed by atoms with Crippen LogP contribution in [0.3, 0.4) is 0 Å². The van der Waals surface area contributed by atoms with E-state index >= 15 is 0 Å². The first-order valence-electron chi connectivity index (χ1n) is 11.1. The fourth-order valence-corrected chi connectivity index (χ4v) is 3.93. The minimum Gasteiger partial charge on any atom is -0.345 e. The Bertz CT molecular complexity index is 852. The van der Waals surface area contributed by atoms with Crippen LogP contribution in [0.25, 0.3) is 0 Å². The molecule has 0 aromatic heterocycles. The predicted molar refractivity (Wildman–Crippen MR) is 120 cm³/mol. The molecule has 1 aromatic rings. The molecule has 3 atom stereocenters. The van der Waals surface area contributed by atoms with Crippen LogP contribution in [0.15, 0.2) is 30.3 Å². The average molecular weight is 444 g/mol. The molecular weight excluding hydrogens is 410 g/mol. The Hall–Kier alpha value is -3.03. The van der Waals surface area contributed by atoms with Gasteiger partial charge < -0.3 is 15.5 Å². The summed E-state index contributed by atoms with van der Waals surface area (Å²) in [6, 6.07) is 6.51. The standard InChI is InChI=1S/C24H33N3O5/c1-15(2)13-19(26-17(4)28)24(32)27-12-8-11-20(27)23(31)25-16(3)22(30)21(29)14-18-9-6-5-7-10-18/h5-7,9-10,15-16,19-20H,8,11-14H2,1-4H3,(H,25,31)(H,26,28)/t16-,19-,20-/m0/s1. The highest BCUT2D eigenvalue weighted by Crippen LogP contribution is 2.20. The molecule has 0 bridgehead atoms. The number of carbonyl (C=O) groups is 5. The van der Waals surface area contributed by atoms with Gasteiger partial charge in [0.1, 0.15) is 12.1 Å². The Balaban J connectivity index is 2.01. The largest absolute Gasteiger partial charge is 0.345 e. The molecule has 8 heteroatoms. The van der Waals surface area contributed by atoms with Gasteiger partial charge in [-0.2, -0.15) is 0 Å². The van der Waals surface area contributed by atoms with Crippen molar-refractivity contribution in [2.24, 2.45) is 5.92 Å². The summed E-state index contributed by atoms with van der Waals surface area (Å²) in [6.45, 7) is 7.14. The minimum absolute atomic E-state index is 0.0263. The van der Waals surface area contributed by atoms with E-state index in [1.807, 2.05) is 19.9 Å². The lowest BCUT2D eigenvalue weighted by atomic mass is 10.0. The summed E-state index contributed by atoms with van der Waals surface area (Å²) in [5, 5.41) is 5.29. The van der Waals surface area contributed by atoms with E-state index in [1.165, 1.54) is 18.7 Å². The second kappa shape index (κ2) is 11.5. The molecular formula is C24H33N3O5. The molecule has 0 aliphatic carbocycles. The Morgan fingerprint density at radius 1 is 1.03 bits per heavy atom. The van der Waals surface area contributed by atoms with Gasteiger partial charge in [0.05, 0.1) is 6.04 Å². The molecule has 1 aromatic carbocycles. The van der Waals surface area contributed by atoms with Crippen molar-refractivity contribution in [2.45, 2.75) is 71.5 Å². The van der Waals surface area contributed by atoms with Crippen LogP contribution in [-0.2, 0) is 30.4 Å². The number of Topliss-reactive ketones (excluding diaryl/α,β-unsaturated/α-hetero) is 2. The summed E-state index contributed by atoms with van der Waals surface area (Å²) in [4.78, 5) is 63.8. The molecule has 2 N–H and O–H groups in total. The van der Waals surface area contributed by atoms with E-state index in [2.05, 4.69) is 10.6 Å². The van der Waals surface area contributed by atoms with Crippen molar-refractivity contribution >= 4 is 29.3 Å². The number of benzene rings is 1. The number of likely N-dealkylation sites (tertiary alicyclic amines) is 1. The van der Waals surface area contributed by atoms with Gasteiger partial charge in [-0.25, -0.2) is 0 Å². The number of carbonyl (C=O) groups excluding carboxylic acids is 5. The first-order valence-corrected chi connectivity index (χ1v) is 11.1. The fraction of sp³-hybridized carbons (Fsp3) is 0.542. The van der Waals surface area contributed by atoms with Gasteiger partial charge in [-0.05, 0) is 37.7 Å². The zero-order valence-corrected chi connectivity index (χ0v) is 19.2. The third-order valence-corrected chi connectivity index (χ3v) is 5.46. The van der Waals surface area contributed by atoms with E-state index in [-0.39, 0.29) is 24.2 Å². The van der Waals surface area contributed by atoms with Crippen molar-refractivity contribution < 1.29 is 24.0 Å². The molecule has 0 saturated carbocycles. The van der Waals surface area contributed by atoms with Crippen LogP contribution in [0.2, 0.25) is 0 Å². The molecule has 1 heterocycles. The van der Waals surface area contributed by atoms with E-state index in [0.717, 1.165) is 5.56 Å². The molecule has 8 nitrogen and oxygen atoms in total. The van der Waals surface area contributed by atoms with Crippen molar-refractivity contribution in [3.05, 3.63) is 35.9 Å². The van der Waals surface area contributed by atoms with Gasteiger partial charge in [-0.15, -0.1) is 0 Å². The second-order valence-corrected chi connectivity index (χ2v) is 8.75. The molecule has 0 unspecified atom stereocenters. The summed E-state index contributed by atoms with van der Waals surface area (Å²) >= 11 is 0. The monoisotopic (exact) mass is 443 g/mol. The summed E-state index contributed by atoms with van der Waals surface area (Å²) in [7, 11) is 0. The quantitative estimate of drug-likeness (QED) is 0.531. The Morgan fingerprint density at radius 3 is 2.28 bits per heavy atom. The first kappa shape index (κ1) is 25.2. The number of hydrogen-bond acceptors (Lipinski definition) is 5. The topological polar surface area (TPSA) is 113 Å². The van der Waals surface area contributed by atoms with Crippen LogP contribution >= 0.6 is 0 Å². The van der Waals surface area contributed by atoms with E-state index in [4.69, 9.17) is 0 Å². The molecule has 1 fully saturated rings. The highest BCUT2D eigenvalue weighted by molar-refractivity contribution is 6.39.